The van der Waals surface area contributed by atoms with E-state index in [0.717, 1.165) is 0 Å². The molecule has 0 atom stereocenters. The van der Waals surface area contributed by atoms with Gasteiger partial charge in [0.2, 0.25) is 0 Å². The van der Waals surface area contributed by atoms with Crippen molar-refractivity contribution in [1.82, 2.24) is 4.90 Å². The van der Waals surface area contributed by atoms with Gasteiger partial charge in [-0.25, -0.2) is 0 Å². The summed E-state index contributed by atoms with van der Waals surface area (Å²) in [7, 11) is 2.29. The zero-order chi connectivity index (χ0) is 12.3. The first-order chi connectivity index (χ1) is 7.93. The molecule has 3 rings (SSSR count). The van der Waals surface area contributed by atoms with E-state index < -0.39 is 0 Å². The Hall–Kier alpha value is -0.820. The fourth-order valence-electron chi connectivity index (χ4n) is 3.17. The Morgan fingerprint density at radius 1 is 1.18 bits per heavy atom. The van der Waals surface area contributed by atoms with Gasteiger partial charge in [-0.1, -0.05) is 39.0 Å². The van der Waals surface area contributed by atoms with Gasteiger partial charge in [-0.2, -0.15) is 0 Å². The van der Waals surface area contributed by atoms with Gasteiger partial charge in [0.05, 0.1) is 0 Å². The second-order valence-electron chi connectivity index (χ2n) is 6.83. The summed E-state index contributed by atoms with van der Waals surface area (Å²) >= 11 is 0. The molecule has 1 aliphatic heterocycles. The molecule has 2 aliphatic rings. The predicted molar refractivity (Wildman–Crippen MR) is 72.4 cm³/mol. The molecule has 1 heteroatoms. The van der Waals surface area contributed by atoms with Crippen LogP contribution < -0.4 is 0 Å². The number of rotatable bonds is 0. The number of hydrogen-bond acceptors (Lipinski definition) is 1. The molecule has 0 radical (unpaired) electrons. The number of benzene rings is 1. The smallest absolute Gasteiger partial charge is 0.0462 e. The van der Waals surface area contributed by atoms with Crippen LogP contribution in [0.2, 0.25) is 0 Å². The quantitative estimate of drug-likeness (QED) is 0.658. The summed E-state index contributed by atoms with van der Waals surface area (Å²) < 4.78 is 0. The standard InChI is InChI=1S/C16H23N/c1-15(2,3)13-6-5-12-7-10-17(4)16(8-9-16)14(12)11-13/h5-6,11H,7-10H2,1-4H3. The SMILES string of the molecule is CN1CCc2ccc(C(C)(C)C)cc2C12CC2. The van der Waals surface area contributed by atoms with Gasteiger partial charge in [-0.3, -0.25) is 4.90 Å². The molecule has 92 valence electrons. The van der Waals surface area contributed by atoms with Crippen molar-refractivity contribution in [2.45, 2.75) is 51.0 Å². The normalized spacial score (nSPS) is 22.6. The van der Waals surface area contributed by atoms with Gasteiger partial charge in [0.1, 0.15) is 0 Å². The number of nitrogens with zero attached hydrogens (tertiary/aromatic N) is 1. The average Bonchev–Trinajstić information content (AvgIpc) is 3.04. The Labute approximate surface area is 105 Å². The Morgan fingerprint density at radius 2 is 1.88 bits per heavy atom. The third-order valence-corrected chi connectivity index (χ3v) is 4.65. The first-order valence-corrected chi connectivity index (χ1v) is 6.79. The third-order valence-electron chi connectivity index (χ3n) is 4.65. The van der Waals surface area contributed by atoms with E-state index >= 15 is 0 Å². The lowest BCUT2D eigenvalue weighted by Crippen LogP contribution is -2.38. The monoisotopic (exact) mass is 229 g/mol. The molecule has 0 N–H and O–H groups in total. The van der Waals surface area contributed by atoms with Crippen LogP contribution in [0, 0.1) is 0 Å². The minimum absolute atomic E-state index is 0.265. The van der Waals surface area contributed by atoms with E-state index in [0.29, 0.717) is 5.54 Å². The van der Waals surface area contributed by atoms with E-state index in [1.165, 1.54) is 31.4 Å². The molecule has 1 aliphatic carbocycles. The summed E-state index contributed by atoms with van der Waals surface area (Å²) in [4.78, 5) is 2.57. The maximum absolute atomic E-state index is 2.57. The van der Waals surface area contributed by atoms with Gasteiger partial charge in [0.25, 0.3) is 0 Å². The molecule has 0 aromatic heterocycles. The van der Waals surface area contributed by atoms with Crippen molar-refractivity contribution < 1.29 is 0 Å². The number of likely N-dealkylation sites (N-methyl/N-ethyl adjacent to an activating group) is 1. The maximum Gasteiger partial charge on any atom is 0.0462 e. The second kappa shape index (κ2) is 3.35. The highest BCUT2D eigenvalue weighted by molar-refractivity contribution is 5.44. The maximum atomic E-state index is 2.57. The second-order valence-corrected chi connectivity index (χ2v) is 6.83. The van der Waals surface area contributed by atoms with Crippen molar-refractivity contribution >= 4 is 0 Å². The van der Waals surface area contributed by atoms with Crippen molar-refractivity contribution in [2.24, 2.45) is 0 Å². The molecule has 1 nitrogen and oxygen atoms in total. The molecule has 0 bridgehead atoms. The van der Waals surface area contributed by atoms with Crippen molar-refractivity contribution in [1.29, 1.82) is 0 Å². The van der Waals surface area contributed by atoms with Gasteiger partial charge < -0.3 is 0 Å². The van der Waals surface area contributed by atoms with Crippen molar-refractivity contribution in [3.8, 4) is 0 Å². The van der Waals surface area contributed by atoms with E-state index in [1.54, 1.807) is 11.1 Å². The van der Waals surface area contributed by atoms with Crippen LogP contribution in [0.25, 0.3) is 0 Å². The average molecular weight is 229 g/mol. The molecule has 17 heavy (non-hydrogen) atoms. The van der Waals surface area contributed by atoms with Crippen LogP contribution in [0.4, 0.5) is 0 Å². The lowest BCUT2D eigenvalue weighted by atomic mass is 9.81. The van der Waals surface area contributed by atoms with Crippen molar-refractivity contribution in [3.63, 3.8) is 0 Å². The van der Waals surface area contributed by atoms with Gasteiger partial charge in [-0.05, 0) is 48.4 Å². The molecule has 1 spiro atoms. The van der Waals surface area contributed by atoms with Crippen molar-refractivity contribution in [2.75, 3.05) is 13.6 Å². The molecule has 1 fully saturated rings. The molecule has 0 saturated heterocycles. The van der Waals surface area contributed by atoms with E-state index in [1.807, 2.05) is 0 Å². The van der Waals surface area contributed by atoms with Crippen LogP contribution >= 0.6 is 0 Å². The lowest BCUT2D eigenvalue weighted by molar-refractivity contribution is 0.208. The summed E-state index contributed by atoms with van der Waals surface area (Å²) in [5, 5.41) is 0. The van der Waals surface area contributed by atoms with Crippen LogP contribution in [0.3, 0.4) is 0 Å². The Bertz CT molecular complexity index is 449. The molecule has 1 aromatic carbocycles. The molecule has 0 unspecified atom stereocenters. The minimum Gasteiger partial charge on any atom is -0.296 e. The minimum atomic E-state index is 0.265. The third kappa shape index (κ3) is 1.63. The van der Waals surface area contributed by atoms with E-state index in [9.17, 15) is 0 Å². The molecular weight excluding hydrogens is 206 g/mol. The van der Waals surface area contributed by atoms with Crippen molar-refractivity contribution in [3.05, 3.63) is 34.9 Å². The summed E-state index contributed by atoms with van der Waals surface area (Å²) in [6.45, 7) is 8.14. The molecule has 1 saturated carbocycles. The molecule has 0 amide bonds. The summed E-state index contributed by atoms with van der Waals surface area (Å²) in [6, 6.07) is 7.20. The fraction of sp³-hybridized carbons (Fsp3) is 0.625. The van der Waals surface area contributed by atoms with Gasteiger partial charge in [0.15, 0.2) is 0 Å². The van der Waals surface area contributed by atoms with Crippen LogP contribution in [-0.2, 0) is 17.4 Å². The first-order valence-electron chi connectivity index (χ1n) is 6.79. The van der Waals surface area contributed by atoms with E-state index in [2.05, 4.69) is 50.9 Å². The highest BCUT2D eigenvalue weighted by atomic mass is 15.2. The van der Waals surface area contributed by atoms with Gasteiger partial charge in [0, 0.05) is 12.1 Å². The van der Waals surface area contributed by atoms with Crippen LogP contribution in [0.1, 0.15) is 50.3 Å². The highest BCUT2D eigenvalue weighted by Gasteiger charge is 2.50. The molecule has 1 heterocycles. The first kappa shape index (κ1) is 11.3. The van der Waals surface area contributed by atoms with Crippen LogP contribution in [-0.4, -0.2) is 18.5 Å². The lowest BCUT2D eigenvalue weighted by Gasteiger charge is -2.36. The largest absolute Gasteiger partial charge is 0.296 e. The summed E-state index contributed by atoms with van der Waals surface area (Å²) in [5.41, 5.74) is 5.38. The zero-order valence-corrected chi connectivity index (χ0v) is 11.5. The highest BCUT2D eigenvalue weighted by Crippen LogP contribution is 2.53. The predicted octanol–water partition coefficient (Wildman–Crippen LogP) is 3.46. The molecule has 1 aromatic rings. The summed E-state index contributed by atoms with van der Waals surface area (Å²) in [5.74, 6) is 0. The Morgan fingerprint density at radius 3 is 2.47 bits per heavy atom. The van der Waals surface area contributed by atoms with Crippen LogP contribution in [0.15, 0.2) is 18.2 Å². The Kier molecular flexibility index (Phi) is 2.22. The van der Waals surface area contributed by atoms with Gasteiger partial charge >= 0.3 is 0 Å². The summed E-state index contributed by atoms with van der Waals surface area (Å²) in [6.07, 6.45) is 3.92. The van der Waals surface area contributed by atoms with E-state index in [4.69, 9.17) is 0 Å². The number of fused-ring (bicyclic) bond motifs is 2. The Balaban J connectivity index is 2.10. The number of hydrogen-bond donors (Lipinski definition) is 0. The zero-order valence-electron chi connectivity index (χ0n) is 11.5. The fourth-order valence-corrected chi connectivity index (χ4v) is 3.17. The van der Waals surface area contributed by atoms with E-state index in [-0.39, 0.29) is 5.41 Å². The molecular formula is C16H23N. The topological polar surface area (TPSA) is 3.24 Å². The van der Waals surface area contributed by atoms with Crippen LogP contribution in [0.5, 0.6) is 0 Å². The van der Waals surface area contributed by atoms with Gasteiger partial charge in [-0.15, -0.1) is 0 Å².